The number of aryl methyl sites for hydroxylation is 1. The monoisotopic (exact) mass is 367 g/mol. The van der Waals surface area contributed by atoms with Gasteiger partial charge in [-0.2, -0.15) is 0 Å². The van der Waals surface area contributed by atoms with Crippen LogP contribution in [0.4, 0.5) is 5.13 Å². The fraction of sp³-hybridized carbons (Fsp3) is 0.211. The van der Waals surface area contributed by atoms with Crippen molar-refractivity contribution in [3.05, 3.63) is 53.7 Å². The molecule has 0 atom stereocenters. The van der Waals surface area contributed by atoms with Crippen molar-refractivity contribution in [3.63, 3.8) is 0 Å². The summed E-state index contributed by atoms with van der Waals surface area (Å²) < 4.78 is 11.1. The maximum atomic E-state index is 12.2. The number of carbonyl (C=O) groups excluding carboxylic acids is 1. The average Bonchev–Trinajstić information content (AvgIpc) is 3.15. The second-order valence-electron chi connectivity index (χ2n) is 5.81. The molecule has 132 valence electrons. The fourth-order valence-corrected chi connectivity index (χ4v) is 3.40. The maximum Gasteiger partial charge on any atom is 0.226 e. The third-order valence-corrected chi connectivity index (χ3v) is 4.71. The van der Waals surface area contributed by atoms with Crippen molar-refractivity contribution in [1.29, 1.82) is 0 Å². The van der Waals surface area contributed by atoms with E-state index in [0.717, 1.165) is 28.3 Å². The van der Waals surface area contributed by atoms with Crippen LogP contribution in [0.25, 0.3) is 11.3 Å². The van der Waals surface area contributed by atoms with Crippen LogP contribution >= 0.6 is 11.3 Å². The van der Waals surface area contributed by atoms with E-state index in [9.17, 15) is 4.79 Å². The molecular formula is C19H17N3O3S. The van der Waals surface area contributed by atoms with Gasteiger partial charge in [-0.25, -0.2) is 4.98 Å². The molecule has 1 aliphatic rings. The number of amides is 1. The van der Waals surface area contributed by atoms with E-state index in [1.807, 2.05) is 35.7 Å². The molecule has 3 heterocycles. The summed E-state index contributed by atoms with van der Waals surface area (Å²) in [7, 11) is 0. The Labute approximate surface area is 154 Å². The van der Waals surface area contributed by atoms with Crippen LogP contribution in [0.1, 0.15) is 12.0 Å². The predicted molar refractivity (Wildman–Crippen MR) is 99.7 cm³/mol. The molecule has 0 unspecified atom stereocenters. The number of anilines is 1. The minimum absolute atomic E-state index is 0.0630. The predicted octanol–water partition coefficient (Wildman–Crippen LogP) is 3.55. The molecule has 0 spiro atoms. The molecule has 1 aliphatic heterocycles. The molecule has 26 heavy (non-hydrogen) atoms. The number of thiazole rings is 1. The summed E-state index contributed by atoms with van der Waals surface area (Å²) in [5.41, 5.74) is 2.78. The van der Waals surface area contributed by atoms with Gasteiger partial charge >= 0.3 is 0 Å². The Morgan fingerprint density at radius 2 is 2.08 bits per heavy atom. The molecule has 0 fully saturated rings. The zero-order valence-electron chi connectivity index (χ0n) is 14.0. The van der Waals surface area contributed by atoms with Crippen LogP contribution < -0.4 is 14.8 Å². The minimum atomic E-state index is -0.0630. The van der Waals surface area contributed by atoms with E-state index >= 15 is 0 Å². The third-order valence-electron chi connectivity index (χ3n) is 3.96. The number of hydrogen-bond donors (Lipinski definition) is 1. The summed E-state index contributed by atoms with van der Waals surface area (Å²) in [6.07, 6.45) is 4.48. The zero-order chi connectivity index (χ0) is 17.8. The molecule has 1 aromatic carbocycles. The van der Waals surface area contributed by atoms with Crippen molar-refractivity contribution >= 4 is 22.4 Å². The number of pyridine rings is 1. The van der Waals surface area contributed by atoms with Crippen molar-refractivity contribution in [1.82, 2.24) is 9.97 Å². The zero-order valence-corrected chi connectivity index (χ0v) is 14.8. The van der Waals surface area contributed by atoms with Crippen molar-refractivity contribution in [3.8, 4) is 22.8 Å². The van der Waals surface area contributed by atoms with Gasteiger partial charge in [0.25, 0.3) is 0 Å². The van der Waals surface area contributed by atoms with Gasteiger partial charge in [0.1, 0.15) is 13.2 Å². The molecule has 1 N–H and O–H groups in total. The largest absolute Gasteiger partial charge is 0.486 e. The molecule has 0 radical (unpaired) electrons. The number of ether oxygens (including phenoxy) is 2. The molecule has 7 heteroatoms. The van der Waals surface area contributed by atoms with Gasteiger partial charge < -0.3 is 14.8 Å². The summed E-state index contributed by atoms with van der Waals surface area (Å²) in [6.45, 7) is 1.13. The van der Waals surface area contributed by atoms with Crippen LogP contribution in [0.5, 0.6) is 11.5 Å². The van der Waals surface area contributed by atoms with E-state index in [-0.39, 0.29) is 5.91 Å². The van der Waals surface area contributed by atoms with E-state index < -0.39 is 0 Å². The Hall–Kier alpha value is -2.93. The summed E-state index contributed by atoms with van der Waals surface area (Å²) in [4.78, 5) is 20.7. The van der Waals surface area contributed by atoms with Crippen molar-refractivity contribution in [2.75, 3.05) is 18.5 Å². The van der Waals surface area contributed by atoms with Gasteiger partial charge in [-0.15, -0.1) is 11.3 Å². The highest BCUT2D eigenvalue weighted by Gasteiger charge is 2.13. The Kier molecular flexibility index (Phi) is 4.79. The number of benzene rings is 1. The van der Waals surface area contributed by atoms with Gasteiger partial charge in [0, 0.05) is 29.8 Å². The van der Waals surface area contributed by atoms with Crippen LogP contribution in [-0.2, 0) is 11.2 Å². The summed E-state index contributed by atoms with van der Waals surface area (Å²) in [6, 6.07) is 9.59. The lowest BCUT2D eigenvalue weighted by Crippen LogP contribution is -2.15. The lowest BCUT2D eigenvalue weighted by molar-refractivity contribution is -0.116. The van der Waals surface area contributed by atoms with E-state index in [0.29, 0.717) is 31.2 Å². The number of aromatic nitrogens is 2. The van der Waals surface area contributed by atoms with Crippen LogP contribution in [0, 0.1) is 0 Å². The lowest BCUT2D eigenvalue weighted by atomic mass is 10.1. The first-order chi connectivity index (χ1) is 12.8. The fourth-order valence-electron chi connectivity index (χ4n) is 2.66. The van der Waals surface area contributed by atoms with Crippen LogP contribution in [-0.4, -0.2) is 29.1 Å². The number of fused-ring (bicyclic) bond motifs is 1. The van der Waals surface area contributed by atoms with Crippen molar-refractivity contribution < 1.29 is 14.3 Å². The van der Waals surface area contributed by atoms with Gasteiger partial charge in [0.2, 0.25) is 5.91 Å². The van der Waals surface area contributed by atoms with Crippen LogP contribution in [0.2, 0.25) is 0 Å². The molecule has 0 saturated heterocycles. The maximum absolute atomic E-state index is 12.2. The third kappa shape index (κ3) is 3.83. The molecule has 0 saturated carbocycles. The van der Waals surface area contributed by atoms with Crippen LogP contribution in [0.15, 0.2) is 48.1 Å². The van der Waals surface area contributed by atoms with E-state index in [2.05, 4.69) is 15.3 Å². The molecule has 6 nitrogen and oxygen atoms in total. The normalized spacial score (nSPS) is 12.6. The first-order valence-corrected chi connectivity index (χ1v) is 9.20. The molecule has 0 aliphatic carbocycles. The van der Waals surface area contributed by atoms with E-state index in [1.165, 1.54) is 11.3 Å². The number of rotatable bonds is 5. The van der Waals surface area contributed by atoms with Crippen molar-refractivity contribution in [2.45, 2.75) is 12.8 Å². The summed E-state index contributed by atoms with van der Waals surface area (Å²) in [5.74, 6) is 1.44. The Balaban J connectivity index is 1.34. The number of nitrogens with one attached hydrogen (secondary N) is 1. The van der Waals surface area contributed by atoms with E-state index in [1.54, 1.807) is 12.4 Å². The highest BCUT2D eigenvalue weighted by molar-refractivity contribution is 7.14. The van der Waals surface area contributed by atoms with Gasteiger partial charge in [-0.3, -0.25) is 9.78 Å². The van der Waals surface area contributed by atoms with Gasteiger partial charge in [0.05, 0.1) is 5.69 Å². The number of hydrogen-bond acceptors (Lipinski definition) is 6. The highest BCUT2D eigenvalue weighted by atomic mass is 32.1. The average molecular weight is 367 g/mol. The molecule has 0 bridgehead atoms. The number of nitrogens with zero attached hydrogens (tertiary/aromatic N) is 2. The first kappa shape index (κ1) is 16.5. The Morgan fingerprint density at radius 1 is 1.19 bits per heavy atom. The minimum Gasteiger partial charge on any atom is -0.486 e. The highest BCUT2D eigenvalue weighted by Crippen LogP contribution is 2.31. The summed E-state index contributed by atoms with van der Waals surface area (Å²) >= 11 is 1.41. The Bertz CT molecular complexity index is 911. The first-order valence-electron chi connectivity index (χ1n) is 8.32. The molecule has 4 rings (SSSR count). The smallest absolute Gasteiger partial charge is 0.226 e. The lowest BCUT2D eigenvalue weighted by Gasteiger charge is -2.18. The summed E-state index contributed by atoms with van der Waals surface area (Å²) in [5, 5.41) is 5.36. The topological polar surface area (TPSA) is 73.3 Å². The van der Waals surface area contributed by atoms with E-state index in [4.69, 9.17) is 9.47 Å². The SMILES string of the molecule is O=C(CCc1ccc2c(c1)OCCO2)Nc1nc(-c2cccnc2)cs1. The van der Waals surface area contributed by atoms with Crippen molar-refractivity contribution in [2.24, 2.45) is 0 Å². The molecule has 3 aromatic rings. The van der Waals surface area contributed by atoms with Gasteiger partial charge in [-0.1, -0.05) is 6.07 Å². The van der Waals surface area contributed by atoms with Gasteiger partial charge in [0.15, 0.2) is 16.6 Å². The Morgan fingerprint density at radius 3 is 2.92 bits per heavy atom. The quantitative estimate of drug-likeness (QED) is 0.747. The van der Waals surface area contributed by atoms with Gasteiger partial charge in [-0.05, 0) is 36.2 Å². The second-order valence-corrected chi connectivity index (χ2v) is 6.66. The standard InChI is InChI=1S/C19H17N3O3S/c23-18(6-4-13-3-5-16-17(10-13)25-9-8-24-16)22-19-21-15(12-26-19)14-2-1-7-20-11-14/h1-3,5,7,10-12H,4,6,8-9H2,(H,21,22,23). The molecular weight excluding hydrogens is 350 g/mol. The second kappa shape index (κ2) is 7.53. The number of carbonyl (C=O) groups is 1. The molecule has 2 aromatic heterocycles. The van der Waals surface area contributed by atoms with Crippen LogP contribution in [0.3, 0.4) is 0 Å². The molecule has 1 amide bonds.